The van der Waals surface area contributed by atoms with Gasteiger partial charge in [0.05, 0.1) is 23.8 Å². The highest BCUT2D eigenvalue weighted by atomic mass is 79.9. The number of rotatable bonds is 6. The summed E-state index contributed by atoms with van der Waals surface area (Å²) in [5.41, 5.74) is 0.860. The van der Waals surface area contributed by atoms with E-state index in [2.05, 4.69) is 37.5 Å². The number of hydrogen-bond donors (Lipinski definition) is 4. The standard InChI is InChI=1S/C17H18BrN3O3S/c1-3-17(2,11-4-6-12(18)7-5-11)14-10-25-16(20-14)21-15(24)19-8-13(23)9-22/h1,4-7,10,13,22-23H,8-9H2,2H3,(H2,19,20,21,24). The number of terminal acetylenes is 1. The quantitative estimate of drug-likeness (QED) is 0.536. The number of nitrogens with zero attached hydrogens (tertiary/aromatic N) is 1. The van der Waals surface area contributed by atoms with Crippen LogP contribution in [0.5, 0.6) is 0 Å². The number of aliphatic hydroxyl groups excluding tert-OH is 2. The van der Waals surface area contributed by atoms with E-state index in [0.717, 1.165) is 10.0 Å². The summed E-state index contributed by atoms with van der Waals surface area (Å²) in [6.45, 7) is 1.42. The lowest BCUT2D eigenvalue weighted by molar-refractivity contribution is 0.0965. The minimum atomic E-state index is -1.00. The van der Waals surface area contributed by atoms with E-state index in [1.807, 2.05) is 31.2 Å². The van der Waals surface area contributed by atoms with Crippen LogP contribution in [-0.4, -0.2) is 40.5 Å². The molecule has 0 bridgehead atoms. The van der Waals surface area contributed by atoms with Crippen molar-refractivity contribution in [1.82, 2.24) is 10.3 Å². The van der Waals surface area contributed by atoms with Gasteiger partial charge < -0.3 is 15.5 Å². The van der Waals surface area contributed by atoms with Gasteiger partial charge in [-0.2, -0.15) is 0 Å². The van der Waals surface area contributed by atoms with Crippen LogP contribution in [0.25, 0.3) is 0 Å². The maximum Gasteiger partial charge on any atom is 0.321 e. The van der Waals surface area contributed by atoms with Crippen molar-refractivity contribution in [1.29, 1.82) is 0 Å². The van der Waals surface area contributed by atoms with Gasteiger partial charge in [0.2, 0.25) is 0 Å². The summed E-state index contributed by atoms with van der Waals surface area (Å²) >= 11 is 4.66. The average molecular weight is 424 g/mol. The highest BCUT2D eigenvalue weighted by molar-refractivity contribution is 9.10. The Hall–Kier alpha value is -1.92. The summed E-state index contributed by atoms with van der Waals surface area (Å²) in [4.78, 5) is 16.2. The van der Waals surface area contributed by atoms with Crippen LogP contribution in [0.2, 0.25) is 0 Å². The number of anilines is 1. The lowest BCUT2D eigenvalue weighted by Crippen LogP contribution is -2.36. The molecule has 2 rings (SSSR count). The van der Waals surface area contributed by atoms with Crippen molar-refractivity contribution < 1.29 is 15.0 Å². The SMILES string of the molecule is C#CC(C)(c1ccc(Br)cc1)c1csc(NC(=O)NCC(O)CO)n1. The number of carbonyl (C=O) groups is 1. The highest BCUT2D eigenvalue weighted by Gasteiger charge is 2.29. The molecule has 0 fully saturated rings. The molecule has 0 aliphatic heterocycles. The molecule has 0 radical (unpaired) electrons. The zero-order chi connectivity index (χ0) is 18.4. The molecule has 0 saturated carbocycles. The first kappa shape index (κ1) is 19.4. The fourth-order valence-electron chi connectivity index (χ4n) is 2.07. The first-order chi connectivity index (χ1) is 11.9. The first-order valence-corrected chi connectivity index (χ1v) is 9.10. The number of halogens is 1. The third-order valence-electron chi connectivity index (χ3n) is 3.66. The first-order valence-electron chi connectivity index (χ1n) is 7.42. The molecular formula is C17H18BrN3O3S. The molecule has 1 aromatic carbocycles. The molecule has 2 atom stereocenters. The Morgan fingerprint density at radius 2 is 2.16 bits per heavy atom. The van der Waals surface area contributed by atoms with Crippen LogP contribution in [0.4, 0.5) is 9.93 Å². The van der Waals surface area contributed by atoms with Crippen LogP contribution in [-0.2, 0) is 5.41 Å². The third-order valence-corrected chi connectivity index (χ3v) is 4.94. The Kier molecular flexibility index (Phi) is 6.56. The van der Waals surface area contributed by atoms with Gasteiger partial charge in [0.15, 0.2) is 5.13 Å². The number of hydrogen-bond acceptors (Lipinski definition) is 5. The van der Waals surface area contributed by atoms with Gasteiger partial charge in [-0.1, -0.05) is 34.0 Å². The largest absolute Gasteiger partial charge is 0.394 e. The van der Waals surface area contributed by atoms with E-state index in [4.69, 9.17) is 11.5 Å². The monoisotopic (exact) mass is 423 g/mol. The van der Waals surface area contributed by atoms with Crippen LogP contribution < -0.4 is 10.6 Å². The number of urea groups is 1. The topological polar surface area (TPSA) is 94.5 Å². The van der Waals surface area contributed by atoms with E-state index in [9.17, 15) is 9.90 Å². The Bertz CT molecular complexity index is 772. The molecule has 6 nitrogen and oxygen atoms in total. The van der Waals surface area contributed by atoms with Gasteiger partial charge in [-0.3, -0.25) is 5.32 Å². The molecule has 2 unspecified atom stereocenters. The molecule has 0 aliphatic rings. The number of carbonyl (C=O) groups excluding carboxylic acids is 1. The number of amides is 2. The van der Waals surface area contributed by atoms with Crippen molar-refractivity contribution in [3.8, 4) is 12.3 Å². The molecule has 0 aliphatic carbocycles. The fraction of sp³-hybridized carbons (Fsp3) is 0.294. The molecule has 2 amide bonds. The Morgan fingerprint density at radius 1 is 1.48 bits per heavy atom. The zero-order valence-corrected chi connectivity index (χ0v) is 15.9. The maximum atomic E-state index is 11.8. The van der Waals surface area contributed by atoms with E-state index >= 15 is 0 Å². The van der Waals surface area contributed by atoms with Crippen LogP contribution in [0, 0.1) is 12.3 Å². The number of benzene rings is 1. The van der Waals surface area contributed by atoms with E-state index in [1.54, 1.807) is 5.38 Å². The van der Waals surface area contributed by atoms with E-state index in [0.29, 0.717) is 10.8 Å². The highest BCUT2D eigenvalue weighted by Crippen LogP contribution is 2.33. The van der Waals surface area contributed by atoms with Gasteiger partial charge in [-0.25, -0.2) is 9.78 Å². The van der Waals surface area contributed by atoms with Crippen LogP contribution in [0.3, 0.4) is 0 Å². The predicted octanol–water partition coefficient (Wildman–Crippen LogP) is 2.32. The van der Waals surface area contributed by atoms with Gasteiger partial charge in [0.1, 0.15) is 0 Å². The van der Waals surface area contributed by atoms with Gasteiger partial charge in [0.25, 0.3) is 0 Å². The normalized spacial score (nSPS) is 14.2. The molecule has 8 heteroatoms. The van der Waals surface area contributed by atoms with Crippen molar-refractivity contribution >= 4 is 38.4 Å². The number of thiazole rings is 1. The molecule has 0 saturated heterocycles. The van der Waals surface area contributed by atoms with Gasteiger partial charge in [-0.05, 0) is 24.6 Å². The van der Waals surface area contributed by atoms with Crippen LogP contribution >= 0.6 is 27.3 Å². The number of aromatic nitrogens is 1. The minimum Gasteiger partial charge on any atom is -0.394 e. The summed E-state index contributed by atoms with van der Waals surface area (Å²) in [6.07, 6.45) is 4.77. The summed E-state index contributed by atoms with van der Waals surface area (Å²) in [7, 11) is 0. The Morgan fingerprint density at radius 3 is 2.76 bits per heavy atom. The molecule has 132 valence electrons. The number of aliphatic hydroxyl groups is 2. The average Bonchev–Trinajstić information content (AvgIpc) is 3.08. The predicted molar refractivity (Wildman–Crippen MR) is 102 cm³/mol. The maximum absolute atomic E-state index is 11.8. The van der Waals surface area contributed by atoms with E-state index < -0.39 is 24.2 Å². The van der Waals surface area contributed by atoms with E-state index in [1.165, 1.54) is 11.3 Å². The lowest BCUT2D eigenvalue weighted by Gasteiger charge is -2.22. The molecule has 25 heavy (non-hydrogen) atoms. The molecule has 1 aromatic heterocycles. The zero-order valence-electron chi connectivity index (χ0n) is 13.5. The number of nitrogens with one attached hydrogen (secondary N) is 2. The minimum absolute atomic E-state index is 0.0540. The second-order valence-corrected chi connectivity index (χ2v) is 7.26. The van der Waals surface area contributed by atoms with E-state index in [-0.39, 0.29) is 6.54 Å². The summed E-state index contributed by atoms with van der Waals surface area (Å²) in [5.74, 6) is 2.78. The molecule has 0 spiro atoms. The van der Waals surface area contributed by atoms with Crippen molar-refractivity contribution in [2.24, 2.45) is 0 Å². The molecule has 4 N–H and O–H groups in total. The van der Waals surface area contributed by atoms with Crippen molar-refractivity contribution in [2.75, 3.05) is 18.5 Å². The van der Waals surface area contributed by atoms with Gasteiger partial charge >= 0.3 is 6.03 Å². The van der Waals surface area contributed by atoms with Crippen LogP contribution in [0.1, 0.15) is 18.2 Å². The second-order valence-electron chi connectivity index (χ2n) is 5.49. The second kappa shape index (κ2) is 8.45. The smallest absolute Gasteiger partial charge is 0.321 e. The molecule has 1 heterocycles. The Balaban J connectivity index is 2.12. The summed E-state index contributed by atoms with van der Waals surface area (Å²) in [5, 5.41) is 25.2. The van der Waals surface area contributed by atoms with Crippen molar-refractivity contribution in [3.63, 3.8) is 0 Å². The van der Waals surface area contributed by atoms with Crippen LogP contribution in [0.15, 0.2) is 34.1 Å². The summed E-state index contributed by atoms with van der Waals surface area (Å²) in [6, 6.07) is 7.17. The van der Waals surface area contributed by atoms with Gasteiger partial charge in [-0.15, -0.1) is 17.8 Å². The fourth-order valence-corrected chi connectivity index (χ4v) is 3.14. The summed E-state index contributed by atoms with van der Waals surface area (Å²) < 4.78 is 0.956. The van der Waals surface area contributed by atoms with Crippen molar-refractivity contribution in [2.45, 2.75) is 18.4 Å². The van der Waals surface area contributed by atoms with Gasteiger partial charge in [0, 0.05) is 16.4 Å². The lowest BCUT2D eigenvalue weighted by atomic mass is 9.81. The van der Waals surface area contributed by atoms with Crippen molar-refractivity contribution in [3.05, 3.63) is 45.4 Å². The molecular weight excluding hydrogens is 406 g/mol. The Labute approximate surface area is 158 Å². The third kappa shape index (κ3) is 4.80. The molecule has 2 aromatic rings.